The summed E-state index contributed by atoms with van der Waals surface area (Å²) in [4.78, 5) is 18.1. The minimum Gasteiger partial charge on any atom is -0.383 e. The van der Waals surface area contributed by atoms with Crippen LogP contribution in [-0.2, 0) is 6.54 Å². The highest BCUT2D eigenvalue weighted by Gasteiger charge is 2.06. The number of nitrogens with zero attached hydrogens (tertiary/aromatic N) is 4. The van der Waals surface area contributed by atoms with Crippen molar-refractivity contribution in [3.8, 4) is 0 Å². The van der Waals surface area contributed by atoms with Crippen LogP contribution in [0.2, 0.25) is 0 Å². The number of rotatable bonds is 5. The van der Waals surface area contributed by atoms with Gasteiger partial charge < -0.3 is 10.6 Å². The van der Waals surface area contributed by atoms with Crippen molar-refractivity contribution in [2.45, 2.75) is 19.9 Å². The lowest BCUT2D eigenvalue weighted by atomic mass is 10.2. The number of aromatic nitrogens is 3. The van der Waals surface area contributed by atoms with E-state index in [4.69, 9.17) is 5.73 Å². The fourth-order valence-electron chi connectivity index (χ4n) is 1.96. The molecular formula is C14H19N5O. The van der Waals surface area contributed by atoms with Gasteiger partial charge in [0.1, 0.15) is 5.82 Å². The minimum atomic E-state index is -0.145. The Morgan fingerprint density at radius 1 is 1.45 bits per heavy atom. The molecule has 0 amide bonds. The van der Waals surface area contributed by atoms with Crippen LogP contribution in [0.15, 0.2) is 35.4 Å². The van der Waals surface area contributed by atoms with Gasteiger partial charge >= 0.3 is 0 Å². The molecule has 0 atom stereocenters. The largest absolute Gasteiger partial charge is 0.383 e. The molecule has 0 saturated heterocycles. The quantitative estimate of drug-likeness (QED) is 0.883. The Kier molecular flexibility index (Phi) is 4.34. The van der Waals surface area contributed by atoms with E-state index in [-0.39, 0.29) is 5.56 Å². The van der Waals surface area contributed by atoms with Gasteiger partial charge in [0.05, 0.1) is 18.4 Å². The molecule has 106 valence electrons. The molecule has 0 aliphatic heterocycles. The maximum absolute atomic E-state index is 12.1. The van der Waals surface area contributed by atoms with E-state index in [1.54, 1.807) is 24.5 Å². The van der Waals surface area contributed by atoms with Crippen molar-refractivity contribution in [3.05, 3.63) is 46.5 Å². The summed E-state index contributed by atoms with van der Waals surface area (Å²) in [6, 6.07) is 5.23. The fraction of sp³-hybridized carbons (Fsp3) is 0.357. The molecule has 0 spiro atoms. The zero-order valence-corrected chi connectivity index (χ0v) is 11.8. The van der Waals surface area contributed by atoms with Crippen molar-refractivity contribution in [3.63, 3.8) is 0 Å². The molecule has 20 heavy (non-hydrogen) atoms. The molecule has 2 rings (SSSR count). The monoisotopic (exact) mass is 273 g/mol. The van der Waals surface area contributed by atoms with Gasteiger partial charge in [-0.25, -0.2) is 9.67 Å². The number of hydrogen-bond acceptors (Lipinski definition) is 5. The molecule has 6 heteroatoms. The van der Waals surface area contributed by atoms with E-state index in [0.717, 1.165) is 24.2 Å². The average molecular weight is 273 g/mol. The van der Waals surface area contributed by atoms with Crippen LogP contribution in [0.1, 0.15) is 18.9 Å². The smallest absolute Gasteiger partial charge is 0.269 e. The van der Waals surface area contributed by atoms with Gasteiger partial charge in [0, 0.05) is 31.4 Å². The van der Waals surface area contributed by atoms with Crippen LogP contribution >= 0.6 is 0 Å². The van der Waals surface area contributed by atoms with Crippen LogP contribution in [-0.4, -0.2) is 28.4 Å². The second-order valence-corrected chi connectivity index (χ2v) is 4.68. The van der Waals surface area contributed by atoms with Crippen LogP contribution in [0.3, 0.4) is 0 Å². The molecule has 0 unspecified atom stereocenters. The number of hydrogen-bond donors (Lipinski definition) is 1. The van der Waals surface area contributed by atoms with E-state index in [1.807, 2.05) is 18.0 Å². The van der Waals surface area contributed by atoms with E-state index >= 15 is 0 Å². The zero-order valence-electron chi connectivity index (χ0n) is 11.8. The second-order valence-electron chi connectivity index (χ2n) is 4.68. The highest BCUT2D eigenvalue weighted by Crippen LogP contribution is 2.10. The van der Waals surface area contributed by atoms with Gasteiger partial charge in [0.2, 0.25) is 0 Å². The Balaban J connectivity index is 2.23. The summed E-state index contributed by atoms with van der Waals surface area (Å²) < 4.78 is 1.39. The van der Waals surface area contributed by atoms with Crippen molar-refractivity contribution < 1.29 is 0 Å². The first-order chi connectivity index (χ1) is 9.61. The molecule has 0 fully saturated rings. The topological polar surface area (TPSA) is 77.0 Å². The first kappa shape index (κ1) is 14.0. The Hall–Kier alpha value is -2.37. The number of nitrogen functional groups attached to an aromatic ring is 1. The average Bonchev–Trinajstić information content (AvgIpc) is 2.43. The molecule has 2 aromatic rings. The Morgan fingerprint density at radius 2 is 2.25 bits per heavy atom. The zero-order chi connectivity index (χ0) is 14.5. The van der Waals surface area contributed by atoms with E-state index in [2.05, 4.69) is 17.0 Å². The standard InChI is InChI=1S/C14H19N5O/c1-3-7-18(2)12-8-13(20)19(17-9-12)10-11-5-4-6-16-14(11)15/h4-6,8-9H,3,7,10H2,1-2H3,(H2,15,16). The van der Waals surface area contributed by atoms with Gasteiger partial charge in [-0.15, -0.1) is 0 Å². The summed E-state index contributed by atoms with van der Waals surface area (Å²) in [5.41, 5.74) is 7.24. The van der Waals surface area contributed by atoms with Gasteiger partial charge in [-0.2, -0.15) is 5.10 Å². The van der Waals surface area contributed by atoms with E-state index in [0.29, 0.717) is 12.4 Å². The van der Waals surface area contributed by atoms with Crippen molar-refractivity contribution in [1.82, 2.24) is 14.8 Å². The molecule has 0 aliphatic carbocycles. The molecular weight excluding hydrogens is 254 g/mol. The second kappa shape index (κ2) is 6.18. The molecule has 0 aromatic carbocycles. The van der Waals surface area contributed by atoms with Gasteiger partial charge in [-0.3, -0.25) is 4.79 Å². The lowest BCUT2D eigenvalue weighted by molar-refractivity contribution is 0.636. The van der Waals surface area contributed by atoms with Crippen molar-refractivity contribution in [1.29, 1.82) is 0 Å². The fourth-order valence-corrected chi connectivity index (χ4v) is 1.96. The first-order valence-electron chi connectivity index (χ1n) is 6.59. The summed E-state index contributed by atoms with van der Waals surface area (Å²) in [5.74, 6) is 0.424. The van der Waals surface area contributed by atoms with Crippen LogP contribution < -0.4 is 16.2 Å². The molecule has 0 aliphatic rings. The highest BCUT2D eigenvalue weighted by atomic mass is 16.1. The molecule has 2 heterocycles. The van der Waals surface area contributed by atoms with Crippen LogP contribution in [0.4, 0.5) is 11.5 Å². The van der Waals surface area contributed by atoms with E-state index in [9.17, 15) is 4.79 Å². The summed E-state index contributed by atoms with van der Waals surface area (Å²) in [6.45, 7) is 3.31. The normalized spacial score (nSPS) is 10.5. The lowest BCUT2D eigenvalue weighted by Crippen LogP contribution is -2.26. The van der Waals surface area contributed by atoms with Gasteiger partial charge in [0.15, 0.2) is 0 Å². The maximum atomic E-state index is 12.1. The Bertz CT molecular complexity index is 637. The minimum absolute atomic E-state index is 0.145. The number of nitrogens with two attached hydrogens (primary N) is 1. The molecule has 0 saturated carbocycles. The number of anilines is 2. The predicted octanol–water partition coefficient (Wildman–Crippen LogP) is 1.11. The summed E-state index contributed by atoms with van der Waals surface area (Å²) in [7, 11) is 1.95. The van der Waals surface area contributed by atoms with Crippen molar-refractivity contribution in [2.24, 2.45) is 0 Å². The van der Waals surface area contributed by atoms with Crippen LogP contribution in [0.5, 0.6) is 0 Å². The lowest BCUT2D eigenvalue weighted by Gasteiger charge is -2.17. The van der Waals surface area contributed by atoms with Gasteiger partial charge in [0.25, 0.3) is 5.56 Å². The molecule has 0 bridgehead atoms. The highest BCUT2D eigenvalue weighted by molar-refractivity contribution is 5.42. The van der Waals surface area contributed by atoms with E-state index in [1.165, 1.54) is 4.68 Å². The SMILES string of the molecule is CCCN(C)c1cnn(Cc2cccnc2N)c(=O)c1. The molecule has 6 nitrogen and oxygen atoms in total. The third-order valence-corrected chi connectivity index (χ3v) is 3.10. The van der Waals surface area contributed by atoms with Crippen LogP contribution in [0, 0.1) is 0 Å². The summed E-state index contributed by atoms with van der Waals surface area (Å²) in [6.07, 6.45) is 4.34. The van der Waals surface area contributed by atoms with Gasteiger partial charge in [-0.05, 0) is 12.5 Å². The summed E-state index contributed by atoms with van der Waals surface area (Å²) in [5, 5.41) is 4.20. The number of pyridine rings is 1. The van der Waals surface area contributed by atoms with Gasteiger partial charge in [-0.1, -0.05) is 13.0 Å². The summed E-state index contributed by atoms with van der Waals surface area (Å²) >= 11 is 0. The maximum Gasteiger partial charge on any atom is 0.269 e. The third kappa shape index (κ3) is 3.14. The van der Waals surface area contributed by atoms with E-state index < -0.39 is 0 Å². The molecule has 0 radical (unpaired) electrons. The molecule has 2 aromatic heterocycles. The third-order valence-electron chi connectivity index (χ3n) is 3.10. The molecule has 2 N–H and O–H groups in total. The van der Waals surface area contributed by atoms with Crippen LogP contribution in [0.25, 0.3) is 0 Å². The Labute approximate surface area is 117 Å². The predicted molar refractivity (Wildman–Crippen MR) is 79.8 cm³/mol. The first-order valence-corrected chi connectivity index (χ1v) is 6.59. The van der Waals surface area contributed by atoms with Crippen molar-refractivity contribution in [2.75, 3.05) is 24.2 Å². The van der Waals surface area contributed by atoms with Crippen molar-refractivity contribution >= 4 is 11.5 Å². The Morgan fingerprint density at radius 3 is 2.90 bits per heavy atom.